The second-order valence-corrected chi connectivity index (χ2v) is 5.58. The molecule has 2 rings (SSSR count). The molecule has 1 aliphatic carbocycles. The number of halogens is 2. The number of hydrogen-bond acceptors (Lipinski definition) is 2. The molecular weight excluding hydrogens is 316 g/mol. The Morgan fingerprint density at radius 2 is 2.39 bits per heavy atom. The molecule has 1 aromatic heterocycles. The minimum absolute atomic E-state index is 0.0735. The second-order valence-electron chi connectivity index (χ2n) is 4.37. The van der Waals surface area contributed by atoms with E-state index in [-0.39, 0.29) is 11.1 Å². The lowest BCUT2D eigenvalue weighted by molar-refractivity contribution is 0.0762. The fourth-order valence-electron chi connectivity index (χ4n) is 1.78. The van der Waals surface area contributed by atoms with Crippen molar-refractivity contribution in [2.75, 3.05) is 6.54 Å². The van der Waals surface area contributed by atoms with Crippen molar-refractivity contribution in [1.29, 1.82) is 0 Å². The Morgan fingerprint density at radius 1 is 1.72 bits per heavy atom. The first-order valence-electron chi connectivity index (χ1n) is 5.79. The molecule has 0 radical (unpaired) electrons. The van der Waals surface area contributed by atoms with Crippen LogP contribution in [0.1, 0.15) is 28.9 Å². The van der Waals surface area contributed by atoms with Gasteiger partial charge in [0.25, 0.3) is 5.91 Å². The van der Waals surface area contributed by atoms with Gasteiger partial charge in [0.2, 0.25) is 0 Å². The minimum Gasteiger partial charge on any atom is -0.332 e. The molecule has 3 nitrogen and oxygen atoms in total. The average molecular weight is 330 g/mol. The Morgan fingerprint density at radius 3 is 2.94 bits per heavy atom. The topological polar surface area (TPSA) is 33.2 Å². The smallest absolute Gasteiger partial charge is 0.257 e. The Labute approximate surface area is 120 Å². The number of rotatable bonds is 4. The molecule has 0 bridgehead atoms. The van der Waals surface area contributed by atoms with Crippen LogP contribution >= 0.6 is 27.5 Å². The van der Waals surface area contributed by atoms with Gasteiger partial charge >= 0.3 is 0 Å². The predicted octanol–water partition coefficient (Wildman–Crippen LogP) is 3.60. The van der Waals surface area contributed by atoms with Gasteiger partial charge in [-0.25, -0.2) is 4.98 Å². The quantitative estimate of drug-likeness (QED) is 0.624. The van der Waals surface area contributed by atoms with Crippen molar-refractivity contribution < 1.29 is 4.79 Å². The first kappa shape index (κ1) is 13.6. The van der Waals surface area contributed by atoms with Crippen molar-refractivity contribution in [3.8, 4) is 0 Å². The Bertz CT molecular complexity index is 500. The maximum Gasteiger partial charge on any atom is 0.257 e. The van der Waals surface area contributed by atoms with Crippen LogP contribution in [0.4, 0.5) is 0 Å². The van der Waals surface area contributed by atoms with E-state index < -0.39 is 0 Å². The maximum absolute atomic E-state index is 12.4. The van der Waals surface area contributed by atoms with E-state index in [1.165, 1.54) is 0 Å². The van der Waals surface area contributed by atoms with Gasteiger partial charge in [0.1, 0.15) is 5.15 Å². The largest absolute Gasteiger partial charge is 0.332 e. The molecule has 1 amide bonds. The number of pyridine rings is 1. The third-order valence-corrected chi connectivity index (χ3v) is 4.00. The van der Waals surface area contributed by atoms with E-state index in [9.17, 15) is 4.79 Å². The Kier molecular flexibility index (Phi) is 4.07. The van der Waals surface area contributed by atoms with E-state index in [0.717, 1.165) is 23.0 Å². The van der Waals surface area contributed by atoms with E-state index in [1.54, 1.807) is 17.0 Å². The van der Waals surface area contributed by atoms with Crippen LogP contribution in [-0.2, 0) is 0 Å². The van der Waals surface area contributed by atoms with Crippen LogP contribution in [0.25, 0.3) is 0 Å². The van der Waals surface area contributed by atoms with Gasteiger partial charge < -0.3 is 4.90 Å². The minimum atomic E-state index is -0.0735. The third kappa shape index (κ3) is 2.75. The van der Waals surface area contributed by atoms with Gasteiger partial charge in [-0.3, -0.25) is 4.79 Å². The van der Waals surface area contributed by atoms with Gasteiger partial charge in [-0.2, -0.15) is 0 Å². The summed E-state index contributed by atoms with van der Waals surface area (Å²) in [6.45, 7) is 6.08. The van der Waals surface area contributed by atoms with Crippen LogP contribution in [-0.4, -0.2) is 28.4 Å². The normalized spacial score (nSPS) is 14.4. The summed E-state index contributed by atoms with van der Waals surface area (Å²) in [5.74, 6) is -0.0735. The standard InChI is InChI=1S/C13H14BrClN2O/c1-3-6-17(9-4-5-9)13(18)10-7-11(14)8(2)16-12(10)15/h3,7,9H,1,4-6H2,2H3. The zero-order valence-corrected chi connectivity index (χ0v) is 12.5. The maximum atomic E-state index is 12.4. The predicted molar refractivity (Wildman–Crippen MR) is 75.9 cm³/mol. The highest BCUT2D eigenvalue weighted by atomic mass is 79.9. The lowest BCUT2D eigenvalue weighted by atomic mass is 10.2. The van der Waals surface area contributed by atoms with Crippen molar-refractivity contribution >= 4 is 33.4 Å². The number of carbonyl (C=O) groups excluding carboxylic acids is 1. The lowest BCUT2D eigenvalue weighted by Crippen LogP contribution is -2.33. The summed E-state index contributed by atoms with van der Waals surface area (Å²) in [7, 11) is 0. The number of nitrogens with zero attached hydrogens (tertiary/aromatic N) is 2. The SMILES string of the molecule is C=CCN(C(=O)c1cc(Br)c(C)nc1Cl)C1CC1. The number of hydrogen-bond donors (Lipinski definition) is 0. The van der Waals surface area contributed by atoms with Crippen LogP contribution in [0, 0.1) is 6.92 Å². The molecule has 1 fully saturated rings. The molecule has 18 heavy (non-hydrogen) atoms. The van der Waals surface area contributed by atoms with Crippen LogP contribution in [0.15, 0.2) is 23.2 Å². The van der Waals surface area contributed by atoms with Crippen molar-refractivity contribution in [3.05, 3.63) is 39.6 Å². The molecule has 0 aromatic carbocycles. The summed E-state index contributed by atoms with van der Waals surface area (Å²) in [5, 5.41) is 0.260. The van der Waals surface area contributed by atoms with Crippen LogP contribution in [0.5, 0.6) is 0 Å². The highest BCUT2D eigenvalue weighted by Gasteiger charge is 2.33. The summed E-state index contributed by atoms with van der Waals surface area (Å²) in [6.07, 6.45) is 3.84. The summed E-state index contributed by atoms with van der Waals surface area (Å²) >= 11 is 9.44. The van der Waals surface area contributed by atoms with Gasteiger partial charge in [-0.15, -0.1) is 6.58 Å². The van der Waals surface area contributed by atoms with Gasteiger partial charge in [0.05, 0.1) is 11.3 Å². The Hall–Kier alpha value is -0.870. The molecule has 0 spiro atoms. The first-order chi connectivity index (χ1) is 8.54. The number of aromatic nitrogens is 1. The third-order valence-electron chi connectivity index (χ3n) is 2.91. The van der Waals surface area contributed by atoms with Gasteiger partial charge in [-0.1, -0.05) is 17.7 Å². The van der Waals surface area contributed by atoms with E-state index >= 15 is 0 Å². The molecule has 1 aliphatic rings. The molecule has 0 unspecified atom stereocenters. The molecule has 1 heterocycles. The van der Waals surface area contributed by atoms with Gasteiger partial charge in [0, 0.05) is 17.1 Å². The fraction of sp³-hybridized carbons (Fsp3) is 0.385. The molecule has 0 N–H and O–H groups in total. The number of carbonyl (C=O) groups is 1. The van der Waals surface area contributed by atoms with Crippen molar-refractivity contribution in [2.24, 2.45) is 0 Å². The zero-order valence-electron chi connectivity index (χ0n) is 10.1. The molecule has 0 aliphatic heterocycles. The number of amides is 1. The lowest BCUT2D eigenvalue weighted by Gasteiger charge is -2.21. The van der Waals surface area contributed by atoms with E-state index in [0.29, 0.717) is 18.2 Å². The van der Waals surface area contributed by atoms with E-state index in [1.807, 2.05) is 6.92 Å². The molecule has 1 aromatic rings. The summed E-state index contributed by atoms with van der Waals surface area (Å²) in [4.78, 5) is 18.4. The summed E-state index contributed by atoms with van der Waals surface area (Å²) in [5.41, 5.74) is 1.22. The molecule has 5 heteroatoms. The highest BCUT2D eigenvalue weighted by molar-refractivity contribution is 9.10. The van der Waals surface area contributed by atoms with Crippen LogP contribution < -0.4 is 0 Å². The molecular formula is C13H14BrClN2O. The first-order valence-corrected chi connectivity index (χ1v) is 6.96. The molecule has 1 saturated carbocycles. The Balaban J connectivity index is 2.31. The van der Waals surface area contributed by atoms with Crippen molar-refractivity contribution in [3.63, 3.8) is 0 Å². The zero-order chi connectivity index (χ0) is 13.3. The molecule has 96 valence electrons. The van der Waals surface area contributed by atoms with Crippen LogP contribution in [0.2, 0.25) is 5.15 Å². The van der Waals surface area contributed by atoms with Gasteiger partial charge in [0.15, 0.2) is 0 Å². The average Bonchev–Trinajstić information content (AvgIpc) is 3.14. The number of aryl methyl sites for hydroxylation is 1. The van der Waals surface area contributed by atoms with E-state index in [2.05, 4.69) is 27.5 Å². The van der Waals surface area contributed by atoms with Crippen molar-refractivity contribution in [2.45, 2.75) is 25.8 Å². The molecule has 0 saturated heterocycles. The van der Waals surface area contributed by atoms with E-state index in [4.69, 9.17) is 11.6 Å². The monoisotopic (exact) mass is 328 g/mol. The second kappa shape index (κ2) is 5.41. The fourth-order valence-corrected chi connectivity index (χ4v) is 2.36. The van der Waals surface area contributed by atoms with Gasteiger partial charge in [-0.05, 0) is 41.8 Å². The van der Waals surface area contributed by atoms with Crippen molar-refractivity contribution in [1.82, 2.24) is 9.88 Å². The van der Waals surface area contributed by atoms with Crippen LogP contribution in [0.3, 0.4) is 0 Å². The molecule has 0 atom stereocenters. The summed E-state index contributed by atoms with van der Waals surface area (Å²) in [6, 6.07) is 2.07. The summed E-state index contributed by atoms with van der Waals surface area (Å²) < 4.78 is 0.796. The highest BCUT2D eigenvalue weighted by Crippen LogP contribution is 2.30.